The fourth-order valence-corrected chi connectivity index (χ4v) is 5.68. The van der Waals surface area contributed by atoms with Crippen LogP contribution in [0.2, 0.25) is 0 Å². The van der Waals surface area contributed by atoms with Crippen molar-refractivity contribution < 1.29 is 8.83 Å². The number of hydrogen-bond acceptors (Lipinski definition) is 3. The Bertz CT molecular complexity index is 1050. The topological polar surface area (TPSA) is 29.5 Å². The van der Waals surface area contributed by atoms with Crippen LogP contribution in [0.4, 0.5) is 5.69 Å². The molecule has 5 rings (SSSR count). The molecular weight excluding hydrogens is 322 g/mol. The van der Waals surface area contributed by atoms with Crippen LogP contribution in [0.25, 0.3) is 11.2 Å². The van der Waals surface area contributed by atoms with Crippen LogP contribution in [-0.4, -0.2) is 0 Å². The molecule has 2 aliphatic heterocycles. The molecule has 0 fully saturated rings. The summed E-state index contributed by atoms with van der Waals surface area (Å²) in [6.07, 6.45) is 1.74. The Hall–Kier alpha value is -2.16. The summed E-state index contributed by atoms with van der Waals surface area (Å²) in [7, 11) is 0. The number of furan rings is 2. The van der Waals surface area contributed by atoms with Crippen molar-refractivity contribution in [1.29, 1.82) is 0 Å². The van der Waals surface area contributed by atoms with E-state index in [0.717, 1.165) is 16.9 Å². The first-order valence-corrected chi connectivity index (χ1v) is 9.54. The molecule has 1 aromatic carbocycles. The van der Waals surface area contributed by atoms with Gasteiger partial charge in [-0.25, -0.2) is 0 Å². The highest BCUT2D eigenvalue weighted by Crippen LogP contribution is 2.68. The third-order valence-corrected chi connectivity index (χ3v) is 7.99. The van der Waals surface area contributed by atoms with Crippen molar-refractivity contribution in [2.45, 2.75) is 65.5 Å². The fourth-order valence-electron chi connectivity index (χ4n) is 5.68. The molecule has 26 heavy (non-hydrogen) atoms. The molecule has 0 spiro atoms. The quantitative estimate of drug-likeness (QED) is 0.467. The molecule has 0 amide bonds. The van der Waals surface area contributed by atoms with Gasteiger partial charge in [0.25, 0.3) is 0 Å². The molecule has 0 saturated heterocycles. The van der Waals surface area contributed by atoms with Gasteiger partial charge in [0, 0.05) is 17.2 Å². The number of anilines is 1. The summed E-state index contributed by atoms with van der Waals surface area (Å²) >= 11 is 0. The average molecular weight is 349 g/mol. The van der Waals surface area contributed by atoms with Gasteiger partial charge in [-0.1, -0.05) is 45.9 Å². The first kappa shape index (κ1) is 16.0. The SMILES string of the molecule is Cc1cccc2c1N1C(C)c3oc4ccoc4c3C1(C)C(C)(C)C2(C)C. The van der Waals surface area contributed by atoms with Crippen molar-refractivity contribution in [1.82, 2.24) is 0 Å². The molecule has 4 heterocycles. The molecule has 0 radical (unpaired) electrons. The number of aryl methyl sites for hydroxylation is 1. The normalized spacial score (nSPS) is 28.1. The lowest BCUT2D eigenvalue weighted by Gasteiger charge is -2.62. The third kappa shape index (κ3) is 1.42. The molecule has 2 unspecified atom stereocenters. The second kappa shape index (κ2) is 4.39. The van der Waals surface area contributed by atoms with Crippen LogP contribution in [0.15, 0.2) is 39.4 Å². The Kier molecular flexibility index (Phi) is 2.71. The Balaban J connectivity index is 1.95. The molecule has 3 nitrogen and oxygen atoms in total. The monoisotopic (exact) mass is 349 g/mol. The molecule has 2 aromatic heterocycles. The minimum Gasteiger partial charge on any atom is -0.460 e. The van der Waals surface area contributed by atoms with E-state index in [0.29, 0.717) is 0 Å². The molecule has 0 aliphatic carbocycles. The summed E-state index contributed by atoms with van der Waals surface area (Å²) in [6.45, 7) is 16.4. The minimum atomic E-state index is -0.215. The van der Waals surface area contributed by atoms with Gasteiger partial charge in [0.2, 0.25) is 0 Å². The third-order valence-electron chi connectivity index (χ3n) is 7.99. The van der Waals surface area contributed by atoms with Crippen molar-refractivity contribution in [3.8, 4) is 0 Å². The summed E-state index contributed by atoms with van der Waals surface area (Å²) in [5.74, 6) is 1.06. The van der Waals surface area contributed by atoms with E-state index in [-0.39, 0.29) is 22.4 Å². The van der Waals surface area contributed by atoms with Crippen LogP contribution in [0, 0.1) is 12.3 Å². The van der Waals surface area contributed by atoms with Gasteiger partial charge >= 0.3 is 0 Å². The van der Waals surface area contributed by atoms with Crippen molar-refractivity contribution in [2.24, 2.45) is 5.41 Å². The highest BCUT2D eigenvalue weighted by atomic mass is 16.4. The standard InChI is InChI=1S/C23H27NO2/c1-13-9-8-10-15-18(13)24-14(2)19-17(20-16(26-19)11-12-25-20)23(24,7)22(5,6)21(15,3)4/h8-12,14H,1-7H3. The lowest BCUT2D eigenvalue weighted by atomic mass is 9.51. The molecule has 2 atom stereocenters. The van der Waals surface area contributed by atoms with Crippen LogP contribution in [0.1, 0.15) is 70.0 Å². The van der Waals surface area contributed by atoms with Gasteiger partial charge in [0.05, 0.1) is 23.4 Å². The number of benzene rings is 1. The maximum atomic E-state index is 6.30. The van der Waals surface area contributed by atoms with Crippen molar-refractivity contribution in [3.05, 3.63) is 53.0 Å². The van der Waals surface area contributed by atoms with Gasteiger partial charge in [-0.2, -0.15) is 0 Å². The van der Waals surface area contributed by atoms with E-state index in [9.17, 15) is 0 Å². The van der Waals surface area contributed by atoms with Gasteiger partial charge < -0.3 is 13.7 Å². The molecule has 0 saturated carbocycles. The van der Waals surface area contributed by atoms with E-state index in [1.165, 1.54) is 22.4 Å². The smallest absolute Gasteiger partial charge is 0.178 e. The number of para-hydroxylation sites is 1. The van der Waals surface area contributed by atoms with E-state index < -0.39 is 0 Å². The number of hydrogen-bond donors (Lipinski definition) is 0. The van der Waals surface area contributed by atoms with Crippen LogP contribution in [0.5, 0.6) is 0 Å². The summed E-state index contributed by atoms with van der Waals surface area (Å²) in [4.78, 5) is 2.60. The van der Waals surface area contributed by atoms with Crippen LogP contribution in [-0.2, 0) is 11.0 Å². The van der Waals surface area contributed by atoms with E-state index in [1.807, 2.05) is 6.07 Å². The molecule has 0 N–H and O–H groups in total. The van der Waals surface area contributed by atoms with Crippen molar-refractivity contribution in [3.63, 3.8) is 0 Å². The lowest BCUT2D eigenvalue weighted by Crippen LogP contribution is -2.62. The number of rotatable bonds is 0. The highest BCUT2D eigenvalue weighted by molar-refractivity contribution is 5.83. The van der Waals surface area contributed by atoms with E-state index in [2.05, 4.69) is 71.6 Å². The zero-order chi connectivity index (χ0) is 18.6. The summed E-state index contributed by atoms with van der Waals surface area (Å²) in [5, 5.41) is 0. The lowest BCUT2D eigenvalue weighted by molar-refractivity contribution is 0.0654. The predicted molar refractivity (Wildman–Crippen MR) is 105 cm³/mol. The predicted octanol–water partition coefficient (Wildman–Crippen LogP) is 6.45. The van der Waals surface area contributed by atoms with Gasteiger partial charge in [-0.15, -0.1) is 0 Å². The number of nitrogens with zero attached hydrogens (tertiary/aromatic N) is 1. The molecular formula is C23H27NO2. The highest BCUT2D eigenvalue weighted by Gasteiger charge is 2.66. The zero-order valence-electron chi connectivity index (χ0n) is 16.7. The van der Waals surface area contributed by atoms with E-state index >= 15 is 0 Å². The second-order valence-corrected chi connectivity index (χ2v) is 9.29. The summed E-state index contributed by atoms with van der Waals surface area (Å²) in [5.41, 5.74) is 6.87. The number of fused-ring (bicyclic) bond motifs is 7. The Morgan fingerprint density at radius 1 is 1.04 bits per heavy atom. The molecule has 3 heteroatoms. The molecule has 0 bridgehead atoms. The molecule has 136 valence electrons. The van der Waals surface area contributed by atoms with E-state index in [4.69, 9.17) is 8.83 Å². The molecule has 2 aliphatic rings. The van der Waals surface area contributed by atoms with Gasteiger partial charge in [-0.3, -0.25) is 0 Å². The average Bonchev–Trinajstić information content (AvgIpc) is 3.19. The minimum absolute atomic E-state index is 0.00286. The first-order chi connectivity index (χ1) is 12.1. The van der Waals surface area contributed by atoms with Gasteiger partial charge in [-0.05, 0) is 37.3 Å². The summed E-state index contributed by atoms with van der Waals surface area (Å²) in [6, 6.07) is 8.83. The zero-order valence-corrected chi connectivity index (χ0v) is 16.7. The van der Waals surface area contributed by atoms with Crippen molar-refractivity contribution in [2.75, 3.05) is 4.90 Å². The van der Waals surface area contributed by atoms with Crippen molar-refractivity contribution >= 4 is 16.9 Å². The Morgan fingerprint density at radius 2 is 1.77 bits per heavy atom. The summed E-state index contributed by atoms with van der Waals surface area (Å²) < 4.78 is 12.2. The second-order valence-electron chi connectivity index (χ2n) is 9.29. The largest absolute Gasteiger partial charge is 0.460 e. The maximum Gasteiger partial charge on any atom is 0.178 e. The molecule has 3 aromatic rings. The fraction of sp³-hybridized carbons (Fsp3) is 0.478. The van der Waals surface area contributed by atoms with Gasteiger partial charge in [0.15, 0.2) is 11.2 Å². The Morgan fingerprint density at radius 3 is 2.50 bits per heavy atom. The van der Waals surface area contributed by atoms with Crippen LogP contribution in [0.3, 0.4) is 0 Å². The first-order valence-electron chi connectivity index (χ1n) is 9.54. The van der Waals surface area contributed by atoms with Crippen LogP contribution < -0.4 is 4.90 Å². The van der Waals surface area contributed by atoms with E-state index in [1.54, 1.807) is 6.26 Å². The Labute approximate surface area is 155 Å². The maximum absolute atomic E-state index is 6.30. The van der Waals surface area contributed by atoms with Crippen LogP contribution >= 0.6 is 0 Å². The van der Waals surface area contributed by atoms with Gasteiger partial charge in [0.1, 0.15) is 5.76 Å².